The van der Waals surface area contributed by atoms with E-state index in [2.05, 4.69) is 35.1 Å². The first-order valence-corrected chi connectivity index (χ1v) is 11.6. The molecule has 0 aliphatic carbocycles. The van der Waals surface area contributed by atoms with Gasteiger partial charge in [-0.3, -0.25) is 14.8 Å². The van der Waals surface area contributed by atoms with E-state index in [4.69, 9.17) is 28.3 Å². The second-order valence-corrected chi connectivity index (χ2v) is 8.77. The highest BCUT2D eigenvalue weighted by Crippen LogP contribution is 2.25. The van der Waals surface area contributed by atoms with Gasteiger partial charge >= 0.3 is 0 Å². The highest BCUT2D eigenvalue weighted by Gasteiger charge is 2.26. The summed E-state index contributed by atoms with van der Waals surface area (Å²) in [5, 5.41) is 12.6. The molecule has 3 aromatic rings. The van der Waals surface area contributed by atoms with Gasteiger partial charge < -0.3 is 4.98 Å². The number of hydrogen-bond donors (Lipinski definition) is 1. The number of benzene rings is 2. The number of fused-ring (bicyclic) bond motifs is 1. The molecule has 0 bridgehead atoms. The van der Waals surface area contributed by atoms with Gasteiger partial charge in [0.15, 0.2) is 0 Å². The molecule has 1 aromatic heterocycles. The van der Waals surface area contributed by atoms with Crippen LogP contribution in [0.15, 0.2) is 53.8 Å². The van der Waals surface area contributed by atoms with Crippen molar-refractivity contribution in [1.82, 2.24) is 20.0 Å². The highest BCUT2D eigenvalue weighted by molar-refractivity contribution is 6.42. The van der Waals surface area contributed by atoms with Gasteiger partial charge in [0.1, 0.15) is 0 Å². The van der Waals surface area contributed by atoms with Gasteiger partial charge in [-0.05, 0) is 42.3 Å². The topological polar surface area (TPSA) is 54.9 Å². The van der Waals surface area contributed by atoms with E-state index in [-0.39, 0.29) is 5.91 Å². The Labute approximate surface area is 198 Å². The van der Waals surface area contributed by atoms with Crippen molar-refractivity contribution in [2.24, 2.45) is 5.10 Å². The second kappa shape index (κ2) is 9.94. The zero-order valence-electron chi connectivity index (χ0n) is 18.3. The zero-order chi connectivity index (χ0) is 22.7. The molecule has 0 unspecified atom stereocenters. The van der Waals surface area contributed by atoms with Crippen LogP contribution < -0.4 is 0 Å². The van der Waals surface area contributed by atoms with Gasteiger partial charge in [0.05, 0.1) is 16.6 Å². The van der Waals surface area contributed by atoms with E-state index >= 15 is 0 Å². The lowest BCUT2D eigenvalue weighted by Crippen LogP contribution is -2.48. The molecule has 1 N–H and O–H groups in total. The largest absolute Gasteiger partial charge is 0.361 e. The first-order valence-electron chi connectivity index (χ1n) is 10.8. The Hall–Kier alpha value is -2.54. The molecular formula is C24H27Cl2N5O. The number of nitrogens with zero attached hydrogens (tertiary/aromatic N) is 4. The monoisotopic (exact) mass is 471 g/mol. The Morgan fingerprint density at radius 2 is 1.94 bits per heavy atom. The molecule has 1 amide bonds. The fourth-order valence-corrected chi connectivity index (χ4v) is 4.30. The quantitative estimate of drug-likeness (QED) is 0.551. The van der Waals surface area contributed by atoms with Gasteiger partial charge in [-0.1, -0.05) is 42.3 Å². The number of rotatable bonds is 4. The number of amides is 1. The van der Waals surface area contributed by atoms with Crippen LogP contribution in [0.3, 0.4) is 0 Å². The fourth-order valence-electron chi connectivity index (χ4n) is 4.00. The second-order valence-electron chi connectivity index (χ2n) is 7.95. The number of hydrogen-bond acceptors (Lipinski definition) is 4. The molecule has 0 radical (unpaired) electrons. The summed E-state index contributed by atoms with van der Waals surface area (Å²) < 4.78 is 0. The Balaban J connectivity index is 1.69. The number of hydrazine groups is 1. The third-order valence-corrected chi connectivity index (χ3v) is 6.53. The molecular weight excluding hydrogens is 445 g/mol. The summed E-state index contributed by atoms with van der Waals surface area (Å²) in [6.45, 7) is 4.61. The number of aromatic amines is 1. The van der Waals surface area contributed by atoms with Crippen molar-refractivity contribution in [3.8, 4) is 0 Å². The Morgan fingerprint density at radius 1 is 1.09 bits per heavy atom. The molecule has 4 rings (SSSR count). The van der Waals surface area contributed by atoms with Crippen molar-refractivity contribution in [3.05, 3.63) is 69.8 Å². The summed E-state index contributed by atoms with van der Waals surface area (Å²) in [6.07, 6.45) is 3.50. The van der Waals surface area contributed by atoms with Gasteiger partial charge in [-0.2, -0.15) is 5.10 Å². The Morgan fingerprint density at radius 3 is 2.72 bits per heavy atom. The number of hydrazone groups is 1. The fraction of sp³-hybridized carbons (Fsp3) is 0.333. The van der Waals surface area contributed by atoms with Crippen LogP contribution in [-0.2, 0) is 6.54 Å². The Bertz CT molecular complexity index is 1140. The van der Waals surface area contributed by atoms with Crippen LogP contribution in [-0.4, -0.2) is 58.3 Å². The first-order chi connectivity index (χ1) is 15.5. The third-order valence-electron chi connectivity index (χ3n) is 5.79. The minimum absolute atomic E-state index is 0.0928. The standard InChI is InChI=1S/C24H27Cl2N5O/c1-3-19-10-12-31(24(32)17-7-8-21(25)22(26)15-17)30(14-13-29(2)28-19)16-18-5-4-6-23-20(18)9-11-27-23/h4-9,11,15,27H,3,10,12-14,16H2,1-2H3/b28-19+. The first kappa shape index (κ1) is 22.6. The molecule has 168 valence electrons. The molecule has 8 heteroatoms. The van der Waals surface area contributed by atoms with Crippen molar-refractivity contribution in [2.75, 3.05) is 26.7 Å². The summed E-state index contributed by atoms with van der Waals surface area (Å²) >= 11 is 12.3. The summed E-state index contributed by atoms with van der Waals surface area (Å²) in [6, 6.07) is 13.3. The highest BCUT2D eigenvalue weighted by atomic mass is 35.5. The summed E-state index contributed by atoms with van der Waals surface area (Å²) in [7, 11) is 1.98. The van der Waals surface area contributed by atoms with E-state index < -0.39 is 0 Å². The van der Waals surface area contributed by atoms with E-state index in [9.17, 15) is 4.79 Å². The molecule has 1 aliphatic heterocycles. The minimum Gasteiger partial charge on any atom is -0.361 e. The van der Waals surface area contributed by atoms with Gasteiger partial charge in [0.2, 0.25) is 0 Å². The molecule has 0 saturated carbocycles. The van der Waals surface area contributed by atoms with Crippen LogP contribution in [0.1, 0.15) is 35.7 Å². The van der Waals surface area contributed by atoms with E-state index in [1.54, 1.807) is 18.2 Å². The van der Waals surface area contributed by atoms with E-state index in [0.717, 1.165) is 28.6 Å². The molecule has 0 saturated heterocycles. The van der Waals surface area contributed by atoms with E-state index in [0.29, 0.717) is 48.2 Å². The maximum Gasteiger partial charge on any atom is 0.268 e. The van der Waals surface area contributed by atoms with E-state index in [1.165, 1.54) is 0 Å². The number of H-pyrrole nitrogens is 1. The number of halogens is 2. The molecule has 2 aromatic carbocycles. The van der Waals surface area contributed by atoms with E-state index in [1.807, 2.05) is 29.3 Å². The number of aromatic nitrogens is 1. The average molecular weight is 472 g/mol. The molecule has 32 heavy (non-hydrogen) atoms. The normalized spacial score (nSPS) is 17.6. The van der Waals surface area contributed by atoms with Crippen LogP contribution >= 0.6 is 23.2 Å². The maximum atomic E-state index is 13.7. The van der Waals surface area contributed by atoms with Crippen molar-refractivity contribution >= 4 is 45.7 Å². The molecule has 2 heterocycles. The molecule has 1 aliphatic rings. The average Bonchev–Trinajstić information content (AvgIpc) is 3.29. The van der Waals surface area contributed by atoms with Crippen LogP contribution in [0, 0.1) is 0 Å². The molecule has 0 fully saturated rings. The van der Waals surface area contributed by atoms with Crippen molar-refractivity contribution < 1.29 is 4.79 Å². The molecule has 0 atom stereocenters. The smallest absolute Gasteiger partial charge is 0.268 e. The third kappa shape index (κ3) is 4.93. The van der Waals surface area contributed by atoms with Gasteiger partial charge in [0.25, 0.3) is 5.91 Å². The van der Waals surface area contributed by atoms with Crippen molar-refractivity contribution in [3.63, 3.8) is 0 Å². The van der Waals surface area contributed by atoms with Crippen LogP contribution in [0.4, 0.5) is 0 Å². The lowest BCUT2D eigenvalue weighted by Gasteiger charge is -2.35. The maximum absolute atomic E-state index is 13.7. The van der Waals surface area contributed by atoms with Crippen LogP contribution in [0.2, 0.25) is 10.0 Å². The summed E-state index contributed by atoms with van der Waals surface area (Å²) in [5.41, 5.74) is 3.85. The minimum atomic E-state index is -0.0928. The predicted octanol–water partition coefficient (Wildman–Crippen LogP) is 5.44. The number of nitrogens with one attached hydrogen (secondary N) is 1. The van der Waals surface area contributed by atoms with Crippen LogP contribution in [0.5, 0.6) is 0 Å². The SMILES string of the molecule is CC/C1=N\N(C)CCN(Cc2cccc3[nH]ccc23)N(C(=O)c2ccc(Cl)c(Cl)c2)CC1. The zero-order valence-corrected chi connectivity index (χ0v) is 19.8. The molecule has 6 nitrogen and oxygen atoms in total. The van der Waals surface area contributed by atoms with Gasteiger partial charge in [-0.15, -0.1) is 0 Å². The predicted molar refractivity (Wildman–Crippen MR) is 131 cm³/mol. The number of carbonyl (C=O) groups excluding carboxylic acids is 1. The lowest BCUT2D eigenvalue weighted by molar-refractivity contribution is -0.0170. The van der Waals surface area contributed by atoms with Crippen molar-refractivity contribution in [1.29, 1.82) is 0 Å². The Kier molecular flexibility index (Phi) is 7.04. The summed E-state index contributed by atoms with van der Waals surface area (Å²) in [4.78, 5) is 16.9. The van der Waals surface area contributed by atoms with Gasteiger partial charge in [-0.25, -0.2) is 5.01 Å². The van der Waals surface area contributed by atoms with Gasteiger partial charge in [0, 0.05) is 61.5 Å². The summed E-state index contributed by atoms with van der Waals surface area (Å²) in [5.74, 6) is -0.0928. The van der Waals surface area contributed by atoms with Crippen molar-refractivity contribution in [2.45, 2.75) is 26.3 Å². The lowest BCUT2D eigenvalue weighted by atomic mass is 10.1. The number of carbonyl (C=O) groups is 1. The number of likely N-dealkylation sites (N-methyl/N-ethyl adjacent to an activating group) is 1. The molecule has 0 spiro atoms. The van der Waals surface area contributed by atoms with Crippen LogP contribution in [0.25, 0.3) is 10.9 Å².